The second-order valence-electron chi connectivity index (χ2n) is 13.3. The number of carbonyl (C=O) groups excluding carboxylic acids is 1. The Bertz CT molecular complexity index is 1240. The Kier molecular flexibility index (Phi) is 19.2. The van der Waals surface area contributed by atoms with Crippen molar-refractivity contribution in [3.8, 4) is 11.5 Å². The molecule has 282 valence electrons. The van der Waals surface area contributed by atoms with Crippen LogP contribution >= 0.6 is 0 Å². The maximum Gasteiger partial charge on any atom is 0.224 e. The van der Waals surface area contributed by atoms with Crippen molar-refractivity contribution in [1.29, 1.82) is 0 Å². The first kappa shape index (κ1) is 41.7. The minimum absolute atomic E-state index is 0.0146. The number of hydrogen-bond donors (Lipinski definition) is 6. The number of aliphatic hydroxyl groups is 5. The molecular weight excluding hydrogens is 652 g/mol. The first-order valence-electron chi connectivity index (χ1n) is 18.2. The highest BCUT2D eigenvalue weighted by Gasteiger charge is 2.38. The van der Waals surface area contributed by atoms with E-state index in [0.29, 0.717) is 24.5 Å². The van der Waals surface area contributed by atoms with Crippen LogP contribution in [-0.2, 0) is 20.7 Å². The van der Waals surface area contributed by atoms with Crippen molar-refractivity contribution >= 4 is 5.91 Å². The summed E-state index contributed by atoms with van der Waals surface area (Å²) in [6, 6.07) is 8.14. The first-order valence-corrected chi connectivity index (χ1v) is 18.2. The van der Waals surface area contributed by atoms with Crippen molar-refractivity contribution in [3.63, 3.8) is 0 Å². The van der Waals surface area contributed by atoms with Crippen molar-refractivity contribution in [2.24, 2.45) is 0 Å². The van der Waals surface area contributed by atoms with Crippen LogP contribution in [0.1, 0.15) is 102 Å². The smallest absolute Gasteiger partial charge is 0.224 e. The lowest BCUT2D eigenvalue weighted by molar-refractivity contribution is -0.274. The summed E-state index contributed by atoms with van der Waals surface area (Å²) in [5.41, 5.74) is 0.570. The number of hydrogen-bond acceptors (Lipinski definition) is 9. The van der Waals surface area contributed by atoms with Gasteiger partial charge in [0.15, 0.2) is 17.9 Å². The van der Waals surface area contributed by atoms with Gasteiger partial charge in [0.25, 0.3) is 0 Å². The largest absolute Gasteiger partial charge is 0.454 e. The average molecular weight is 710 g/mol. The van der Waals surface area contributed by atoms with Crippen LogP contribution in [0.15, 0.2) is 42.5 Å². The summed E-state index contributed by atoms with van der Waals surface area (Å²) in [5, 5.41) is 54.8. The topological polar surface area (TPSA) is 158 Å². The molecule has 50 heavy (non-hydrogen) atoms. The van der Waals surface area contributed by atoms with E-state index in [2.05, 4.69) is 12.2 Å². The summed E-state index contributed by atoms with van der Waals surface area (Å²) in [7, 11) is 0. The fraction of sp³-hybridized carbons (Fsp3) is 0.658. The zero-order valence-corrected chi connectivity index (χ0v) is 29.2. The molecule has 7 atom stereocenters. The standard InChI is InChI=1S/C38H57F2NO9/c1-2-3-4-5-6-7-8-9-10-11-12-13-14-32(43)36(46)31(25-48-38-37(47)33(44)23-29(24-42)50-38)41-35(45)21-26-15-18-28(19-16-26)49-34-20-17-27(39)22-30(34)40/h15-20,22,29,31-33,36-38,42-44,46-47H,2-14,21,23-25H2,1H3,(H,41,45)/t29?,31-,32+,33?,36-,37-,38-/m0/s1. The van der Waals surface area contributed by atoms with Crippen molar-refractivity contribution in [3.05, 3.63) is 59.7 Å². The van der Waals surface area contributed by atoms with Gasteiger partial charge in [0.1, 0.15) is 23.8 Å². The van der Waals surface area contributed by atoms with Crippen LogP contribution in [0, 0.1) is 11.6 Å². The van der Waals surface area contributed by atoms with Crippen molar-refractivity contribution in [2.75, 3.05) is 13.2 Å². The quantitative estimate of drug-likeness (QED) is 0.0781. The Morgan fingerprint density at radius 2 is 1.54 bits per heavy atom. The minimum atomic E-state index is -1.42. The third kappa shape index (κ3) is 14.9. The van der Waals surface area contributed by atoms with Crippen LogP contribution < -0.4 is 10.1 Å². The molecule has 0 spiro atoms. The van der Waals surface area contributed by atoms with Gasteiger partial charge in [0, 0.05) is 12.5 Å². The minimum Gasteiger partial charge on any atom is -0.454 e. The molecule has 0 aliphatic carbocycles. The Hall–Kier alpha value is -2.71. The summed E-state index contributed by atoms with van der Waals surface area (Å²) < 4.78 is 43.9. The average Bonchev–Trinajstić information content (AvgIpc) is 3.10. The van der Waals surface area contributed by atoms with E-state index >= 15 is 0 Å². The van der Waals surface area contributed by atoms with Gasteiger partial charge in [0.2, 0.25) is 5.91 Å². The van der Waals surface area contributed by atoms with Gasteiger partial charge in [-0.2, -0.15) is 0 Å². The molecule has 2 aromatic rings. The fourth-order valence-electron chi connectivity index (χ4n) is 6.03. The van der Waals surface area contributed by atoms with Gasteiger partial charge in [-0.1, -0.05) is 96.1 Å². The lowest BCUT2D eigenvalue weighted by atomic mass is 9.99. The summed E-state index contributed by atoms with van der Waals surface area (Å²) in [4.78, 5) is 13.1. The normalized spacial score (nSPS) is 21.0. The second-order valence-corrected chi connectivity index (χ2v) is 13.3. The molecule has 1 heterocycles. The van der Waals surface area contributed by atoms with Gasteiger partial charge in [-0.05, 0) is 36.2 Å². The number of benzene rings is 2. The maximum atomic E-state index is 14.0. The Labute approximate surface area is 294 Å². The molecule has 1 saturated heterocycles. The SMILES string of the molecule is CCCCCCCCCCCCCC[C@@H](O)[C@@H](O)[C@H](CO[C@H]1OC(CO)CC(O)[C@@H]1O)NC(=O)Cc1ccc(Oc2ccc(F)cc2F)cc1. The van der Waals surface area contributed by atoms with E-state index in [1.807, 2.05) is 0 Å². The van der Waals surface area contributed by atoms with Gasteiger partial charge in [-0.25, -0.2) is 8.78 Å². The van der Waals surface area contributed by atoms with E-state index in [-0.39, 0.29) is 30.9 Å². The molecule has 0 aromatic heterocycles. The third-order valence-electron chi connectivity index (χ3n) is 9.06. The first-order chi connectivity index (χ1) is 24.1. The number of nitrogens with one attached hydrogen (secondary N) is 1. The lowest BCUT2D eigenvalue weighted by Crippen LogP contribution is -2.55. The Morgan fingerprint density at radius 3 is 2.14 bits per heavy atom. The van der Waals surface area contributed by atoms with Crippen LogP contribution in [0.4, 0.5) is 8.78 Å². The molecule has 2 unspecified atom stereocenters. The molecule has 0 radical (unpaired) electrons. The molecule has 1 aliphatic rings. The molecular formula is C38H57F2NO9. The van der Waals surface area contributed by atoms with Gasteiger partial charge >= 0.3 is 0 Å². The molecule has 10 nitrogen and oxygen atoms in total. The third-order valence-corrected chi connectivity index (χ3v) is 9.06. The van der Waals surface area contributed by atoms with Crippen LogP contribution in [0.3, 0.4) is 0 Å². The van der Waals surface area contributed by atoms with Crippen molar-refractivity contribution < 1.29 is 53.3 Å². The predicted octanol–water partition coefficient (Wildman–Crippen LogP) is 5.44. The monoisotopic (exact) mass is 709 g/mol. The number of carbonyl (C=O) groups is 1. The number of aliphatic hydroxyl groups excluding tert-OH is 5. The van der Waals surface area contributed by atoms with E-state index < -0.39 is 67.0 Å². The molecule has 0 bridgehead atoms. The number of halogens is 2. The fourth-order valence-corrected chi connectivity index (χ4v) is 6.03. The van der Waals surface area contributed by atoms with Crippen molar-refractivity contribution in [2.45, 2.75) is 146 Å². The maximum absolute atomic E-state index is 14.0. The van der Waals surface area contributed by atoms with Gasteiger partial charge in [-0.3, -0.25) is 4.79 Å². The highest BCUT2D eigenvalue weighted by Crippen LogP contribution is 2.26. The van der Waals surface area contributed by atoms with E-state index in [0.717, 1.165) is 25.3 Å². The molecule has 1 aliphatic heterocycles. The van der Waals surface area contributed by atoms with E-state index in [9.17, 15) is 39.1 Å². The summed E-state index contributed by atoms with van der Waals surface area (Å²) in [6.45, 7) is 1.47. The molecule has 1 amide bonds. The second kappa shape index (κ2) is 23.0. The molecule has 0 saturated carbocycles. The van der Waals surface area contributed by atoms with E-state index in [4.69, 9.17) is 14.2 Å². The lowest BCUT2D eigenvalue weighted by Gasteiger charge is -2.37. The number of ether oxygens (including phenoxy) is 3. The van der Waals surface area contributed by atoms with Gasteiger partial charge in [-0.15, -0.1) is 0 Å². The van der Waals surface area contributed by atoms with E-state index in [1.165, 1.54) is 69.6 Å². The molecule has 3 rings (SSSR count). The van der Waals surface area contributed by atoms with Crippen LogP contribution in [0.25, 0.3) is 0 Å². The number of rotatable bonds is 24. The summed E-state index contributed by atoms with van der Waals surface area (Å²) >= 11 is 0. The highest BCUT2D eigenvalue weighted by atomic mass is 19.1. The number of amides is 1. The van der Waals surface area contributed by atoms with Gasteiger partial charge < -0.3 is 45.1 Å². The molecule has 1 fully saturated rings. The molecule has 6 N–H and O–H groups in total. The predicted molar refractivity (Wildman–Crippen MR) is 185 cm³/mol. The molecule has 12 heteroatoms. The zero-order chi connectivity index (χ0) is 36.3. The van der Waals surface area contributed by atoms with Crippen LogP contribution in [0.5, 0.6) is 11.5 Å². The Balaban J connectivity index is 1.51. The van der Waals surface area contributed by atoms with Gasteiger partial charge in [0.05, 0.1) is 44.0 Å². The van der Waals surface area contributed by atoms with Crippen molar-refractivity contribution in [1.82, 2.24) is 5.32 Å². The van der Waals surface area contributed by atoms with E-state index in [1.54, 1.807) is 12.1 Å². The number of unbranched alkanes of at least 4 members (excludes halogenated alkanes) is 11. The van der Waals surface area contributed by atoms with Crippen LogP contribution in [-0.4, -0.2) is 87.5 Å². The summed E-state index contributed by atoms with van der Waals surface area (Å²) in [6.07, 6.45) is 6.88. The zero-order valence-electron chi connectivity index (χ0n) is 29.2. The Morgan fingerprint density at radius 1 is 0.920 bits per heavy atom. The summed E-state index contributed by atoms with van der Waals surface area (Å²) in [5.74, 6) is -1.95. The molecule has 2 aromatic carbocycles. The van der Waals surface area contributed by atoms with Crippen LogP contribution in [0.2, 0.25) is 0 Å². The highest BCUT2D eigenvalue weighted by molar-refractivity contribution is 5.79.